The van der Waals surface area contributed by atoms with Gasteiger partial charge in [-0.05, 0) is 38.5 Å². The molecule has 0 heterocycles. The maximum absolute atomic E-state index is 10.7. The van der Waals surface area contributed by atoms with Crippen LogP contribution in [0.5, 0.6) is 11.5 Å². The second kappa shape index (κ2) is 10.6. The molecule has 0 radical (unpaired) electrons. The molecular weight excluding hydrogens is 354 g/mol. The molecule has 6 nitrogen and oxygen atoms in total. The summed E-state index contributed by atoms with van der Waals surface area (Å²) in [5, 5.41) is 17.2. The average Bonchev–Trinajstić information content (AvgIpc) is 2.71. The van der Waals surface area contributed by atoms with E-state index in [1.54, 1.807) is 14.0 Å². The molecular formula is C22H31N3O3. The summed E-state index contributed by atoms with van der Waals surface area (Å²) in [6.45, 7) is 7.26. The number of hydrogen-bond donors (Lipinski definition) is 3. The molecule has 2 atom stereocenters. The molecule has 2 aromatic carbocycles. The number of nitrogens with one attached hydrogen (secondary N) is 2. The van der Waals surface area contributed by atoms with Gasteiger partial charge < -0.3 is 25.2 Å². The van der Waals surface area contributed by atoms with Gasteiger partial charge in [0.25, 0.3) is 0 Å². The monoisotopic (exact) mass is 385 g/mol. The molecule has 0 aliphatic heterocycles. The number of aliphatic hydroxyl groups is 1. The van der Waals surface area contributed by atoms with Crippen LogP contribution in [0.4, 0.5) is 0 Å². The zero-order chi connectivity index (χ0) is 20.4. The van der Waals surface area contributed by atoms with Gasteiger partial charge in [-0.15, -0.1) is 0 Å². The van der Waals surface area contributed by atoms with Crippen molar-refractivity contribution in [3.8, 4) is 11.5 Å². The first-order valence-electron chi connectivity index (χ1n) is 9.56. The van der Waals surface area contributed by atoms with Crippen molar-refractivity contribution in [1.29, 1.82) is 0 Å². The highest BCUT2D eigenvalue weighted by molar-refractivity contribution is 5.79. The molecule has 2 aromatic rings. The second-order valence-electron chi connectivity index (χ2n) is 6.80. The average molecular weight is 386 g/mol. The summed E-state index contributed by atoms with van der Waals surface area (Å²) >= 11 is 0. The summed E-state index contributed by atoms with van der Waals surface area (Å²) in [6.07, 6.45) is -0.102. The summed E-state index contributed by atoms with van der Waals surface area (Å²) in [5.74, 6) is 2.04. The van der Waals surface area contributed by atoms with E-state index >= 15 is 0 Å². The Morgan fingerprint density at radius 3 is 2.36 bits per heavy atom. The van der Waals surface area contributed by atoms with Crippen LogP contribution in [-0.2, 0) is 5.60 Å². The van der Waals surface area contributed by atoms with Crippen molar-refractivity contribution in [2.24, 2.45) is 4.99 Å². The van der Waals surface area contributed by atoms with Crippen LogP contribution >= 0.6 is 0 Å². The third-order valence-corrected chi connectivity index (χ3v) is 4.24. The van der Waals surface area contributed by atoms with E-state index in [-0.39, 0.29) is 12.6 Å². The van der Waals surface area contributed by atoms with Gasteiger partial charge in [0.1, 0.15) is 11.7 Å². The van der Waals surface area contributed by atoms with Gasteiger partial charge in [-0.1, -0.05) is 42.5 Å². The van der Waals surface area contributed by atoms with Crippen LogP contribution in [0.25, 0.3) is 0 Å². The second-order valence-corrected chi connectivity index (χ2v) is 6.80. The molecule has 0 bridgehead atoms. The lowest BCUT2D eigenvalue weighted by Crippen LogP contribution is -2.42. The molecule has 0 saturated carbocycles. The number of nitrogens with zero attached hydrogens (tertiary/aromatic N) is 1. The number of ether oxygens (including phenoxy) is 2. The minimum atomic E-state index is -1.04. The number of rotatable bonds is 9. The third-order valence-electron chi connectivity index (χ3n) is 4.24. The van der Waals surface area contributed by atoms with Crippen molar-refractivity contribution in [1.82, 2.24) is 10.6 Å². The number of aliphatic imine (C=N–C) groups is 1. The summed E-state index contributed by atoms with van der Waals surface area (Å²) in [5.41, 5.74) is -0.203. The van der Waals surface area contributed by atoms with E-state index < -0.39 is 5.60 Å². The lowest BCUT2D eigenvalue weighted by Gasteiger charge is -2.23. The maximum atomic E-state index is 10.7. The summed E-state index contributed by atoms with van der Waals surface area (Å²) in [7, 11) is 1.62. The molecule has 6 heteroatoms. The Labute approximate surface area is 167 Å². The van der Waals surface area contributed by atoms with Gasteiger partial charge >= 0.3 is 0 Å². The van der Waals surface area contributed by atoms with Crippen molar-refractivity contribution in [3.05, 3.63) is 60.2 Å². The zero-order valence-electron chi connectivity index (χ0n) is 17.1. The Balaban J connectivity index is 1.95. The number of methoxy groups -OCH3 is 1. The molecule has 2 rings (SSSR count). The van der Waals surface area contributed by atoms with Crippen molar-refractivity contribution in [2.45, 2.75) is 32.5 Å². The summed E-state index contributed by atoms with van der Waals surface area (Å²) in [4.78, 5) is 4.54. The molecule has 0 spiro atoms. The van der Waals surface area contributed by atoms with Crippen molar-refractivity contribution in [2.75, 3.05) is 26.7 Å². The first kappa shape index (κ1) is 21.6. The van der Waals surface area contributed by atoms with Crippen LogP contribution in [0, 0.1) is 0 Å². The number of guanidine groups is 1. The molecule has 0 aliphatic carbocycles. The predicted molar refractivity (Wildman–Crippen MR) is 113 cm³/mol. The molecule has 0 aliphatic rings. The molecule has 2 unspecified atom stereocenters. The zero-order valence-corrected chi connectivity index (χ0v) is 17.1. The Kier molecular flexibility index (Phi) is 8.14. The van der Waals surface area contributed by atoms with Crippen LogP contribution in [0.3, 0.4) is 0 Å². The third kappa shape index (κ3) is 6.46. The van der Waals surface area contributed by atoms with Gasteiger partial charge in [0.15, 0.2) is 17.5 Å². The van der Waals surface area contributed by atoms with Crippen LogP contribution in [0.15, 0.2) is 59.6 Å². The Hall–Kier alpha value is -2.73. The summed E-state index contributed by atoms with van der Waals surface area (Å²) < 4.78 is 11.3. The first-order valence-corrected chi connectivity index (χ1v) is 9.56. The Morgan fingerprint density at radius 2 is 1.71 bits per heavy atom. The molecule has 0 saturated heterocycles. The Bertz CT molecular complexity index is 748. The van der Waals surface area contributed by atoms with E-state index in [1.165, 1.54) is 0 Å². The lowest BCUT2D eigenvalue weighted by atomic mass is 9.96. The van der Waals surface area contributed by atoms with Crippen LogP contribution in [-0.4, -0.2) is 43.9 Å². The van der Waals surface area contributed by atoms with Gasteiger partial charge in [0.05, 0.1) is 20.2 Å². The van der Waals surface area contributed by atoms with E-state index in [2.05, 4.69) is 15.6 Å². The Morgan fingerprint density at radius 1 is 1.07 bits per heavy atom. The number of hydrogen-bond acceptors (Lipinski definition) is 4. The fraction of sp³-hybridized carbons (Fsp3) is 0.409. The fourth-order valence-electron chi connectivity index (χ4n) is 2.68. The standard InChI is InChI=1S/C22H31N3O3/c1-5-23-21(25-16-22(3,26)18-11-7-6-8-12-18)24-15-17(2)28-20-14-10-9-13-19(20)27-4/h6-14,17,26H,5,15-16H2,1-4H3,(H2,23,24,25). The van der Waals surface area contributed by atoms with E-state index in [0.717, 1.165) is 12.1 Å². The smallest absolute Gasteiger partial charge is 0.191 e. The van der Waals surface area contributed by atoms with Crippen molar-refractivity contribution in [3.63, 3.8) is 0 Å². The van der Waals surface area contributed by atoms with Crippen LogP contribution in [0.2, 0.25) is 0 Å². The largest absolute Gasteiger partial charge is 0.493 e. The highest BCUT2D eigenvalue weighted by Gasteiger charge is 2.22. The molecule has 28 heavy (non-hydrogen) atoms. The van der Waals surface area contributed by atoms with E-state index in [9.17, 15) is 5.11 Å². The lowest BCUT2D eigenvalue weighted by molar-refractivity contribution is 0.0672. The topological polar surface area (TPSA) is 75.1 Å². The fourth-order valence-corrected chi connectivity index (χ4v) is 2.68. The molecule has 3 N–H and O–H groups in total. The molecule has 0 amide bonds. The minimum Gasteiger partial charge on any atom is -0.493 e. The highest BCUT2D eigenvalue weighted by Crippen LogP contribution is 2.26. The van der Waals surface area contributed by atoms with Crippen molar-refractivity contribution < 1.29 is 14.6 Å². The SMILES string of the molecule is CCNC(=NCC(C)(O)c1ccccc1)NCC(C)Oc1ccccc1OC. The molecule has 152 valence electrons. The highest BCUT2D eigenvalue weighted by atomic mass is 16.5. The van der Waals surface area contributed by atoms with Crippen LogP contribution in [0.1, 0.15) is 26.3 Å². The van der Waals surface area contributed by atoms with Crippen molar-refractivity contribution >= 4 is 5.96 Å². The summed E-state index contributed by atoms with van der Waals surface area (Å²) in [6, 6.07) is 17.1. The minimum absolute atomic E-state index is 0.102. The maximum Gasteiger partial charge on any atom is 0.191 e. The van der Waals surface area contributed by atoms with Gasteiger partial charge in [-0.3, -0.25) is 0 Å². The van der Waals surface area contributed by atoms with Gasteiger partial charge in [-0.2, -0.15) is 0 Å². The van der Waals surface area contributed by atoms with Gasteiger partial charge in [0.2, 0.25) is 0 Å². The first-order chi connectivity index (χ1) is 13.5. The molecule has 0 aromatic heterocycles. The van der Waals surface area contributed by atoms with E-state index in [4.69, 9.17) is 9.47 Å². The van der Waals surface area contributed by atoms with Crippen LogP contribution < -0.4 is 20.1 Å². The number of para-hydroxylation sites is 2. The van der Waals surface area contributed by atoms with Gasteiger partial charge in [-0.25, -0.2) is 4.99 Å². The van der Waals surface area contributed by atoms with E-state index in [0.29, 0.717) is 24.0 Å². The quantitative estimate of drug-likeness (QED) is 0.457. The van der Waals surface area contributed by atoms with Gasteiger partial charge in [0, 0.05) is 6.54 Å². The normalized spacial score (nSPS) is 14.7. The van der Waals surface area contributed by atoms with E-state index in [1.807, 2.05) is 68.4 Å². The molecule has 0 fully saturated rings. The predicted octanol–water partition coefficient (Wildman–Crippen LogP) is 2.93. The number of benzene rings is 2.